The summed E-state index contributed by atoms with van der Waals surface area (Å²) in [4.78, 5) is 48.0. The lowest BCUT2D eigenvalue weighted by Crippen LogP contribution is -2.43. The molecular weight excluding hydrogens is 448 g/mol. The van der Waals surface area contributed by atoms with Crippen molar-refractivity contribution in [2.75, 3.05) is 38.6 Å². The summed E-state index contributed by atoms with van der Waals surface area (Å²) in [5.74, 6) is -1.17. The number of carbonyl (C=O) groups is 3. The molecule has 1 aromatic heterocycles. The van der Waals surface area contributed by atoms with Gasteiger partial charge in [-0.25, -0.2) is 4.98 Å². The van der Waals surface area contributed by atoms with Gasteiger partial charge < -0.3 is 4.90 Å². The van der Waals surface area contributed by atoms with Gasteiger partial charge in [0.15, 0.2) is 5.13 Å². The van der Waals surface area contributed by atoms with Crippen LogP contribution in [0.25, 0.3) is 10.2 Å². The normalized spacial score (nSPS) is 12.9. The van der Waals surface area contributed by atoms with Gasteiger partial charge in [0.1, 0.15) is 6.54 Å². The van der Waals surface area contributed by atoms with Crippen molar-refractivity contribution in [3.63, 3.8) is 0 Å². The van der Waals surface area contributed by atoms with Crippen LogP contribution in [0.1, 0.15) is 32.7 Å². The van der Waals surface area contributed by atoms with Crippen LogP contribution >= 0.6 is 23.7 Å². The minimum absolute atomic E-state index is 0. The van der Waals surface area contributed by atoms with Gasteiger partial charge in [-0.05, 0) is 63.8 Å². The van der Waals surface area contributed by atoms with E-state index in [2.05, 4.69) is 9.88 Å². The SMILES string of the molecule is Cc1ccc2nc(N(CCCN(C)C)C(=O)CN3C(=O)c4ccccc4C3=O)sc2c1.Cl. The van der Waals surface area contributed by atoms with E-state index in [0.29, 0.717) is 22.8 Å². The monoisotopic (exact) mass is 472 g/mol. The van der Waals surface area contributed by atoms with Gasteiger partial charge in [0, 0.05) is 6.54 Å². The predicted molar refractivity (Wildman–Crippen MR) is 129 cm³/mol. The van der Waals surface area contributed by atoms with Crippen LogP contribution in [-0.2, 0) is 4.79 Å². The van der Waals surface area contributed by atoms with Crippen molar-refractivity contribution in [3.8, 4) is 0 Å². The molecule has 0 saturated carbocycles. The molecule has 0 saturated heterocycles. The van der Waals surface area contributed by atoms with Crippen LogP contribution in [0.3, 0.4) is 0 Å². The Morgan fingerprint density at radius 3 is 2.31 bits per heavy atom. The number of aryl methyl sites for hydroxylation is 1. The summed E-state index contributed by atoms with van der Waals surface area (Å²) in [5, 5.41) is 0.584. The summed E-state index contributed by atoms with van der Waals surface area (Å²) in [6.07, 6.45) is 0.746. The summed E-state index contributed by atoms with van der Waals surface area (Å²) >= 11 is 1.45. The van der Waals surface area contributed by atoms with Crippen LogP contribution in [0.2, 0.25) is 0 Å². The van der Waals surface area contributed by atoms with E-state index in [-0.39, 0.29) is 24.9 Å². The van der Waals surface area contributed by atoms with E-state index in [4.69, 9.17) is 0 Å². The number of benzene rings is 2. The smallest absolute Gasteiger partial charge is 0.262 e. The van der Waals surface area contributed by atoms with Gasteiger partial charge in [-0.15, -0.1) is 12.4 Å². The maximum Gasteiger partial charge on any atom is 0.262 e. The second-order valence-corrected chi connectivity index (χ2v) is 8.92. The highest BCUT2D eigenvalue weighted by molar-refractivity contribution is 7.22. The van der Waals surface area contributed by atoms with Crippen LogP contribution in [0.15, 0.2) is 42.5 Å². The van der Waals surface area contributed by atoms with Crippen molar-refractivity contribution in [2.45, 2.75) is 13.3 Å². The molecule has 0 spiro atoms. The Kier molecular flexibility index (Phi) is 7.28. The minimum Gasteiger partial charge on any atom is -0.309 e. The number of anilines is 1. The molecule has 32 heavy (non-hydrogen) atoms. The molecule has 0 fully saturated rings. The van der Waals surface area contributed by atoms with Crippen LogP contribution in [0, 0.1) is 6.92 Å². The van der Waals surface area contributed by atoms with Gasteiger partial charge in [-0.1, -0.05) is 29.5 Å². The summed E-state index contributed by atoms with van der Waals surface area (Å²) in [6.45, 7) is 2.98. The van der Waals surface area contributed by atoms with Crippen LogP contribution < -0.4 is 4.90 Å². The number of halogens is 1. The molecule has 9 heteroatoms. The zero-order chi connectivity index (χ0) is 22.1. The second-order valence-electron chi connectivity index (χ2n) is 7.91. The van der Waals surface area contributed by atoms with Crippen molar-refractivity contribution in [3.05, 3.63) is 59.2 Å². The molecule has 4 rings (SSSR count). The van der Waals surface area contributed by atoms with Crippen molar-refractivity contribution in [2.24, 2.45) is 0 Å². The Bertz CT molecular complexity index is 1140. The second kappa shape index (κ2) is 9.77. The zero-order valence-electron chi connectivity index (χ0n) is 18.2. The first-order valence-corrected chi connectivity index (χ1v) is 10.9. The molecule has 0 bridgehead atoms. The van der Waals surface area contributed by atoms with Gasteiger partial charge in [0.25, 0.3) is 11.8 Å². The van der Waals surface area contributed by atoms with Gasteiger partial charge in [0.05, 0.1) is 21.3 Å². The maximum atomic E-state index is 13.3. The lowest BCUT2D eigenvalue weighted by atomic mass is 10.1. The lowest BCUT2D eigenvalue weighted by molar-refractivity contribution is -0.119. The van der Waals surface area contributed by atoms with E-state index in [0.717, 1.165) is 33.6 Å². The molecule has 1 aliphatic rings. The Hall–Kier alpha value is -2.81. The number of thiazole rings is 1. The fourth-order valence-electron chi connectivity index (χ4n) is 3.61. The fourth-order valence-corrected chi connectivity index (χ4v) is 4.72. The number of amides is 3. The molecule has 1 aliphatic heterocycles. The number of carbonyl (C=O) groups excluding carboxylic acids is 3. The molecule has 3 amide bonds. The maximum absolute atomic E-state index is 13.3. The Balaban J connectivity index is 0.00000289. The molecule has 168 valence electrons. The van der Waals surface area contributed by atoms with Gasteiger partial charge in [-0.3, -0.25) is 24.2 Å². The standard InChI is InChI=1S/C23H24N4O3S.ClH/c1-15-9-10-18-19(13-15)31-23(24-18)26(12-6-11-25(2)3)20(28)14-27-21(29)16-7-4-5-8-17(16)22(27)30;/h4-5,7-10,13H,6,11-12,14H2,1-3H3;1H. The number of hydrogen-bond acceptors (Lipinski definition) is 6. The van der Waals surface area contributed by atoms with Crippen molar-refractivity contribution >= 4 is 56.8 Å². The topological polar surface area (TPSA) is 73.8 Å². The average molecular weight is 473 g/mol. The van der Waals surface area contributed by atoms with Crippen molar-refractivity contribution in [1.29, 1.82) is 0 Å². The third-order valence-corrected chi connectivity index (χ3v) is 6.26. The first-order valence-electron chi connectivity index (χ1n) is 10.1. The van der Waals surface area contributed by atoms with E-state index >= 15 is 0 Å². The Morgan fingerprint density at radius 2 is 1.69 bits per heavy atom. The largest absolute Gasteiger partial charge is 0.309 e. The Labute approximate surface area is 197 Å². The summed E-state index contributed by atoms with van der Waals surface area (Å²) in [5.41, 5.74) is 2.64. The molecule has 0 atom stereocenters. The quantitative estimate of drug-likeness (QED) is 0.491. The van der Waals surface area contributed by atoms with Gasteiger partial charge >= 0.3 is 0 Å². The van der Waals surface area contributed by atoms with E-state index < -0.39 is 11.8 Å². The highest BCUT2D eigenvalue weighted by Gasteiger charge is 2.37. The number of nitrogens with zero attached hydrogens (tertiary/aromatic N) is 4. The molecule has 3 aromatic rings. The first kappa shape index (κ1) is 23.8. The molecule has 7 nitrogen and oxygen atoms in total. The highest BCUT2D eigenvalue weighted by Crippen LogP contribution is 2.30. The molecule has 2 aromatic carbocycles. The predicted octanol–water partition coefficient (Wildman–Crippen LogP) is 3.61. The molecule has 0 N–H and O–H groups in total. The van der Waals surface area contributed by atoms with E-state index in [1.807, 2.05) is 39.2 Å². The third-order valence-electron chi connectivity index (χ3n) is 5.22. The van der Waals surface area contributed by atoms with E-state index in [1.165, 1.54) is 11.3 Å². The molecule has 2 heterocycles. The summed E-state index contributed by atoms with van der Waals surface area (Å²) in [6, 6.07) is 12.6. The van der Waals surface area contributed by atoms with E-state index in [1.54, 1.807) is 29.2 Å². The number of hydrogen-bond donors (Lipinski definition) is 0. The molecule has 0 aliphatic carbocycles. The van der Waals surface area contributed by atoms with E-state index in [9.17, 15) is 14.4 Å². The van der Waals surface area contributed by atoms with Gasteiger partial charge in [-0.2, -0.15) is 0 Å². The van der Waals surface area contributed by atoms with Crippen LogP contribution in [-0.4, -0.2) is 66.2 Å². The molecule has 0 radical (unpaired) electrons. The Morgan fingerprint density at radius 1 is 1.03 bits per heavy atom. The van der Waals surface area contributed by atoms with Crippen LogP contribution in [0.4, 0.5) is 5.13 Å². The lowest BCUT2D eigenvalue weighted by Gasteiger charge is -2.23. The number of fused-ring (bicyclic) bond motifs is 2. The van der Waals surface area contributed by atoms with Crippen molar-refractivity contribution < 1.29 is 14.4 Å². The highest BCUT2D eigenvalue weighted by atomic mass is 35.5. The number of aromatic nitrogens is 1. The van der Waals surface area contributed by atoms with Crippen molar-refractivity contribution in [1.82, 2.24) is 14.8 Å². The molecule has 0 unspecified atom stereocenters. The number of imide groups is 1. The average Bonchev–Trinajstić information content (AvgIpc) is 3.25. The first-order chi connectivity index (χ1) is 14.8. The molecular formula is C23H25ClN4O3S. The fraction of sp³-hybridized carbons (Fsp3) is 0.304. The summed E-state index contributed by atoms with van der Waals surface area (Å²) in [7, 11) is 3.96. The van der Waals surface area contributed by atoms with Crippen LogP contribution in [0.5, 0.6) is 0 Å². The summed E-state index contributed by atoms with van der Waals surface area (Å²) < 4.78 is 1.00. The van der Waals surface area contributed by atoms with Gasteiger partial charge in [0.2, 0.25) is 5.91 Å². The third kappa shape index (κ3) is 4.67. The minimum atomic E-state index is -0.429. The zero-order valence-corrected chi connectivity index (χ0v) is 19.8. The number of rotatable bonds is 7.